The number of nitrogens with zero attached hydrogens (tertiary/aromatic N) is 2. The summed E-state index contributed by atoms with van der Waals surface area (Å²) in [5.74, 6) is -0.358. The van der Waals surface area contributed by atoms with Gasteiger partial charge in [0, 0.05) is 19.2 Å². The van der Waals surface area contributed by atoms with Crippen molar-refractivity contribution in [2.45, 2.75) is 51.1 Å². The highest BCUT2D eigenvalue weighted by Gasteiger charge is 2.34. The number of benzene rings is 3. The molecule has 0 fully saturated rings. The number of carbonyl (C=O) groups is 2. The first-order valence-corrected chi connectivity index (χ1v) is 15.8. The van der Waals surface area contributed by atoms with E-state index in [9.17, 15) is 22.4 Å². The predicted octanol–water partition coefficient (Wildman–Crippen LogP) is 4.77. The summed E-state index contributed by atoms with van der Waals surface area (Å²) in [6.07, 6.45) is 0.969. The van der Waals surface area contributed by atoms with Gasteiger partial charge in [0.05, 0.1) is 31.4 Å². The van der Waals surface area contributed by atoms with Crippen molar-refractivity contribution in [2.75, 3.05) is 38.2 Å². The quantitative estimate of drug-likeness (QED) is 0.243. The Kier molecular flexibility index (Phi) is 12.4. The Balaban J connectivity index is 2.10. The van der Waals surface area contributed by atoms with Crippen LogP contribution in [0.25, 0.3) is 0 Å². The summed E-state index contributed by atoms with van der Waals surface area (Å²) in [4.78, 5) is 28.5. The lowest BCUT2D eigenvalue weighted by Gasteiger charge is -2.33. The van der Waals surface area contributed by atoms with Crippen LogP contribution in [0.5, 0.6) is 17.2 Å². The van der Waals surface area contributed by atoms with E-state index in [0.717, 1.165) is 4.31 Å². The molecule has 3 rings (SSSR count). The van der Waals surface area contributed by atoms with Crippen LogP contribution in [0, 0.1) is 5.82 Å². The summed E-state index contributed by atoms with van der Waals surface area (Å²) in [7, 11) is -1.52. The van der Waals surface area contributed by atoms with E-state index in [-0.39, 0.29) is 35.2 Å². The predicted molar refractivity (Wildman–Crippen MR) is 166 cm³/mol. The third-order valence-corrected chi connectivity index (χ3v) is 8.63. The summed E-state index contributed by atoms with van der Waals surface area (Å²) >= 11 is 0. The van der Waals surface area contributed by atoms with Crippen molar-refractivity contribution < 1.29 is 36.6 Å². The van der Waals surface area contributed by atoms with Gasteiger partial charge >= 0.3 is 0 Å². The van der Waals surface area contributed by atoms with Gasteiger partial charge in [-0.1, -0.05) is 26.0 Å². The largest absolute Gasteiger partial charge is 0.494 e. The van der Waals surface area contributed by atoms with Gasteiger partial charge in [0.25, 0.3) is 10.0 Å². The second kappa shape index (κ2) is 15.9. The molecule has 10 nitrogen and oxygen atoms in total. The molecule has 0 unspecified atom stereocenters. The Bertz CT molecular complexity index is 1500. The Morgan fingerprint density at radius 3 is 2.14 bits per heavy atom. The average molecular weight is 630 g/mol. The first-order chi connectivity index (χ1) is 21.1. The molecule has 0 heterocycles. The fraction of sp³-hybridized carbons (Fsp3) is 0.375. The maximum Gasteiger partial charge on any atom is 0.264 e. The number of hydrogen-bond acceptors (Lipinski definition) is 7. The van der Waals surface area contributed by atoms with E-state index in [1.54, 1.807) is 31.2 Å². The average Bonchev–Trinajstić information content (AvgIpc) is 3.03. The maximum atomic E-state index is 14.2. The minimum atomic E-state index is -4.35. The van der Waals surface area contributed by atoms with Crippen LogP contribution in [-0.2, 0) is 26.2 Å². The molecule has 0 aliphatic heterocycles. The summed E-state index contributed by atoms with van der Waals surface area (Å²) in [6, 6.07) is 15.2. The van der Waals surface area contributed by atoms with Gasteiger partial charge < -0.3 is 24.4 Å². The number of ether oxygens (including phenoxy) is 3. The maximum absolute atomic E-state index is 14.2. The second-order valence-corrected chi connectivity index (χ2v) is 11.7. The van der Waals surface area contributed by atoms with E-state index < -0.39 is 34.3 Å². The number of carbonyl (C=O) groups excluding carboxylic acids is 2. The highest BCUT2D eigenvalue weighted by molar-refractivity contribution is 7.92. The zero-order valence-electron chi connectivity index (χ0n) is 25.7. The highest BCUT2D eigenvalue weighted by Crippen LogP contribution is 2.33. The first-order valence-electron chi connectivity index (χ1n) is 14.4. The molecule has 0 aliphatic rings. The molecule has 44 heavy (non-hydrogen) atoms. The molecular weight excluding hydrogens is 589 g/mol. The Labute approximate surface area is 258 Å². The van der Waals surface area contributed by atoms with E-state index >= 15 is 0 Å². The molecule has 3 aromatic carbocycles. The van der Waals surface area contributed by atoms with Gasteiger partial charge in [-0.05, 0) is 73.9 Å². The van der Waals surface area contributed by atoms with Gasteiger partial charge in [-0.3, -0.25) is 13.9 Å². The summed E-state index contributed by atoms with van der Waals surface area (Å²) < 4.78 is 59.1. The molecule has 1 atom stereocenters. The molecule has 0 radical (unpaired) electrons. The fourth-order valence-electron chi connectivity index (χ4n) is 4.58. The van der Waals surface area contributed by atoms with Gasteiger partial charge in [0.1, 0.15) is 24.2 Å². The Hall–Kier alpha value is -4.32. The van der Waals surface area contributed by atoms with Crippen LogP contribution in [0.4, 0.5) is 10.1 Å². The van der Waals surface area contributed by atoms with Crippen molar-refractivity contribution in [3.63, 3.8) is 0 Å². The molecular formula is C32H40FN3O7S. The topological polar surface area (TPSA) is 114 Å². The SMILES string of the molecule is CCCNC(=O)[C@@H](CC)N(Cc1ccc(F)cc1)C(=O)CN(c1ccc(OCC)cc1)S(=O)(=O)c1ccc(OC)c(OC)c1. The van der Waals surface area contributed by atoms with Crippen LogP contribution in [0.1, 0.15) is 39.2 Å². The zero-order chi connectivity index (χ0) is 32.3. The van der Waals surface area contributed by atoms with Crippen molar-refractivity contribution in [3.05, 3.63) is 78.1 Å². The van der Waals surface area contributed by atoms with E-state index in [4.69, 9.17) is 14.2 Å². The van der Waals surface area contributed by atoms with Gasteiger partial charge in [-0.25, -0.2) is 12.8 Å². The minimum Gasteiger partial charge on any atom is -0.494 e. The molecule has 3 aromatic rings. The van der Waals surface area contributed by atoms with Crippen molar-refractivity contribution >= 4 is 27.5 Å². The third-order valence-electron chi connectivity index (χ3n) is 6.86. The molecule has 0 bridgehead atoms. The van der Waals surface area contributed by atoms with Crippen molar-refractivity contribution in [1.82, 2.24) is 10.2 Å². The number of anilines is 1. The number of sulfonamides is 1. The number of rotatable bonds is 16. The van der Waals surface area contributed by atoms with Gasteiger partial charge in [-0.2, -0.15) is 0 Å². The third kappa shape index (κ3) is 8.40. The Morgan fingerprint density at radius 1 is 0.909 bits per heavy atom. The fourth-order valence-corrected chi connectivity index (χ4v) is 6.01. The normalized spacial score (nSPS) is 11.8. The number of methoxy groups -OCH3 is 2. The van der Waals surface area contributed by atoms with Crippen molar-refractivity contribution in [1.29, 1.82) is 0 Å². The van der Waals surface area contributed by atoms with Crippen LogP contribution in [0.2, 0.25) is 0 Å². The van der Waals surface area contributed by atoms with Crippen LogP contribution < -0.4 is 23.8 Å². The van der Waals surface area contributed by atoms with Crippen LogP contribution in [0.15, 0.2) is 71.6 Å². The number of halogens is 1. The van der Waals surface area contributed by atoms with Crippen molar-refractivity contribution in [2.24, 2.45) is 0 Å². The highest BCUT2D eigenvalue weighted by atomic mass is 32.2. The standard InChI is InChI=1S/C32H40FN3O7S/c1-6-19-34-32(38)28(7-2)35(21-23-9-11-24(33)12-10-23)31(37)22-36(25-13-15-26(16-14-25)43-8-3)44(39,40)27-17-18-29(41-4)30(20-27)42-5/h9-18,20,28H,6-8,19,21-22H2,1-5H3,(H,34,38)/t28-/m1/s1. The van der Waals surface area contributed by atoms with Gasteiger partial charge in [0.15, 0.2) is 11.5 Å². The van der Waals surface area contributed by atoms with E-state index in [2.05, 4.69) is 5.32 Å². The van der Waals surface area contributed by atoms with E-state index in [1.807, 2.05) is 13.8 Å². The monoisotopic (exact) mass is 629 g/mol. The van der Waals surface area contributed by atoms with Gasteiger partial charge in [0.2, 0.25) is 11.8 Å². The molecule has 0 aliphatic carbocycles. The number of nitrogens with one attached hydrogen (secondary N) is 1. The molecule has 0 saturated carbocycles. The van der Waals surface area contributed by atoms with Crippen LogP contribution in [0.3, 0.4) is 0 Å². The van der Waals surface area contributed by atoms with E-state index in [1.165, 1.54) is 61.6 Å². The molecule has 2 amide bonds. The van der Waals surface area contributed by atoms with Crippen LogP contribution >= 0.6 is 0 Å². The van der Waals surface area contributed by atoms with Crippen molar-refractivity contribution in [3.8, 4) is 17.2 Å². The first kappa shape index (κ1) is 34.2. The lowest BCUT2D eigenvalue weighted by atomic mass is 10.1. The molecule has 0 saturated heterocycles. The lowest BCUT2D eigenvalue weighted by molar-refractivity contribution is -0.140. The number of amides is 2. The number of hydrogen-bond donors (Lipinski definition) is 1. The molecule has 238 valence electrons. The second-order valence-electron chi connectivity index (χ2n) is 9.82. The van der Waals surface area contributed by atoms with Crippen LogP contribution in [-0.4, -0.2) is 65.1 Å². The summed E-state index contributed by atoms with van der Waals surface area (Å²) in [6.45, 7) is 5.69. The smallest absolute Gasteiger partial charge is 0.264 e. The van der Waals surface area contributed by atoms with Gasteiger partial charge in [-0.15, -0.1) is 0 Å². The zero-order valence-corrected chi connectivity index (χ0v) is 26.5. The molecule has 0 aromatic heterocycles. The molecule has 1 N–H and O–H groups in total. The van der Waals surface area contributed by atoms with E-state index in [0.29, 0.717) is 36.6 Å². The minimum absolute atomic E-state index is 0.0370. The Morgan fingerprint density at radius 2 is 1.57 bits per heavy atom. The lowest BCUT2D eigenvalue weighted by Crippen LogP contribution is -2.52. The summed E-state index contributed by atoms with van der Waals surface area (Å²) in [5, 5.41) is 2.83. The molecule has 12 heteroatoms. The summed E-state index contributed by atoms with van der Waals surface area (Å²) in [5.41, 5.74) is 0.790. The molecule has 0 spiro atoms.